The molecule has 0 heterocycles. The number of carbonyl (C=O) groups excluding carboxylic acids is 1. The molecule has 0 fully saturated rings. The smallest absolute Gasteiger partial charge is 0.334 e. The van der Waals surface area contributed by atoms with Crippen molar-refractivity contribution in [2.24, 2.45) is 0 Å². The van der Waals surface area contributed by atoms with E-state index >= 15 is 0 Å². The topological polar surface area (TPSA) is 75.6 Å². The Hall–Kier alpha value is -1.40. The molecular formula is C13H16BrNO4. The highest BCUT2D eigenvalue weighted by Crippen LogP contribution is 2.17. The van der Waals surface area contributed by atoms with Gasteiger partial charge in [0.05, 0.1) is 6.54 Å². The second-order valence-electron chi connectivity index (χ2n) is 3.96. The fraction of sp³-hybridized carbons (Fsp3) is 0.385. The molecule has 0 saturated heterocycles. The normalized spacial score (nSPS) is 11.9. The minimum Gasteiger partial charge on any atom is -0.479 e. The lowest BCUT2D eigenvalue weighted by molar-refractivity contribution is -0.148. The van der Waals surface area contributed by atoms with Crippen LogP contribution >= 0.6 is 15.9 Å². The number of carboxylic acid groups (broad SMARTS) is 1. The summed E-state index contributed by atoms with van der Waals surface area (Å²) in [5, 5.41) is 11.3. The fourth-order valence-electron chi connectivity index (χ4n) is 1.52. The SMILES string of the molecule is COC(CNC(=O)CCc1ccccc1Br)C(=O)O. The Balaban J connectivity index is 2.36. The molecule has 5 nitrogen and oxygen atoms in total. The zero-order valence-corrected chi connectivity index (χ0v) is 12.1. The Bertz CT molecular complexity index is 450. The number of ether oxygens (including phenoxy) is 1. The first kappa shape index (κ1) is 15.7. The molecule has 0 bridgehead atoms. The quantitative estimate of drug-likeness (QED) is 0.796. The van der Waals surface area contributed by atoms with Gasteiger partial charge in [0.25, 0.3) is 0 Å². The summed E-state index contributed by atoms with van der Waals surface area (Å²) in [6.07, 6.45) is -0.108. The van der Waals surface area contributed by atoms with Gasteiger partial charge in [-0.3, -0.25) is 4.79 Å². The Labute approximate surface area is 120 Å². The highest BCUT2D eigenvalue weighted by atomic mass is 79.9. The van der Waals surface area contributed by atoms with Gasteiger partial charge in [0.2, 0.25) is 5.91 Å². The predicted molar refractivity (Wildman–Crippen MR) is 73.9 cm³/mol. The highest BCUT2D eigenvalue weighted by Gasteiger charge is 2.16. The Morgan fingerprint density at radius 3 is 2.68 bits per heavy atom. The largest absolute Gasteiger partial charge is 0.479 e. The summed E-state index contributed by atoms with van der Waals surface area (Å²) in [4.78, 5) is 22.3. The standard InChI is InChI=1S/C13H16BrNO4/c1-19-11(13(17)18)8-15-12(16)7-6-9-4-2-3-5-10(9)14/h2-5,11H,6-8H2,1H3,(H,15,16)(H,17,18). The number of hydrogen-bond donors (Lipinski definition) is 2. The number of benzene rings is 1. The number of amides is 1. The van der Waals surface area contributed by atoms with Gasteiger partial charge in [-0.1, -0.05) is 34.1 Å². The number of aryl methyl sites for hydroxylation is 1. The lowest BCUT2D eigenvalue weighted by Crippen LogP contribution is -2.37. The van der Waals surface area contributed by atoms with Crippen LogP contribution in [-0.4, -0.2) is 36.7 Å². The number of carboxylic acids is 1. The molecule has 1 aromatic carbocycles. The van der Waals surface area contributed by atoms with Gasteiger partial charge in [0, 0.05) is 18.0 Å². The minimum absolute atomic E-state index is 0.0272. The lowest BCUT2D eigenvalue weighted by atomic mass is 10.1. The summed E-state index contributed by atoms with van der Waals surface area (Å²) in [5.74, 6) is -1.28. The van der Waals surface area contributed by atoms with Crippen molar-refractivity contribution in [1.82, 2.24) is 5.32 Å². The van der Waals surface area contributed by atoms with Crippen LogP contribution < -0.4 is 5.32 Å². The van der Waals surface area contributed by atoms with Gasteiger partial charge < -0.3 is 15.2 Å². The van der Waals surface area contributed by atoms with E-state index < -0.39 is 12.1 Å². The number of methoxy groups -OCH3 is 1. The summed E-state index contributed by atoms with van der Waals surface area (Å²) >= 11 is 3.41. The molecule has 0 spiro atoms. The Morgan fingerprint density at radius 2 is 2.11 bits per heavy atom. The average Bonchev–Trinajstić information content (AvgIpc) is 2.38. The molecule has 104 valence electrons. The molecule has 1 aromatic rings. The summed E-state index contributed by atoms with van der Waals surface area (Å²) in [6, 6.07) is 7.66. The molecule has 0 aliphatic rings. The molecule has 0 aromatic heterocycles. The second kappa shape index (κ2) is 7.91. The maximum atomic E-state index is 11.6. The maximum absolute atomic E-state index is 11.6. The van der Waals surface area contributed by atoms with Crippen molar-refractivity contribution < 1.29 is 19.4 Å². The van der Waals surface area contributed by atoms with Crippen molar-refractivity contribution in [3.63, 3.8) is 0 Å². The molecule has 0 aliphatic heterocycles. The van der Waals surface area contributed by atoms with E-state index in [-0.39, 0.29) is 12.5 Å². The van der Waals surface area contributed by atoms with Crippen LogP contribution in [0.1, 0.15) is 12.0 Å². The average molecular weight is 330 g/mol. The van der Waals surface area contributed by atoms with Gasteiger partial charge in [0.1, 0.15) is 0 Å². The van der Waals surface area contributed by atoms with E-state index in [9.17, 15) is 9.59 Å². The van der Waals surface area contributed by atoms with E-state index in [1.54, 1.807) is 0 Å². The predicted octanol–water partition coefficient (Wildman–Crippen LogP) is 1.60. The van der Waals surface area contributed by atoms with Gasteiger partial charge in [-0.05, 0) is 18.1 Å². The first-order valence-electron chi connectivity index (χ1n) is 5.80. The molecule has 1 rings (SSSR count). The van der Waals surface area contributed by atoms with Crippen LogP contribution in [0, 0.1) is 0 Å². The third-order valence-corrected chi connectivity index (χ3v) is 3.40. The van der Waals surface area contributed by atoms with Crippen LogP contribution in [0.4, 0.5) is 0 Å². The van der Waals surface area contributed by atoms with Crippen molar-refractivity contribution in [2.75, 3.05) is 13.7 Å². The van der Waals surface area contributed by atoms with Gasteiger partial charge in [-0.25, -0.2) is 4.79 Å². The number of nitrogens with one attached hydrogen (secondary N) is 1. The van der Waals surface area contributed by atoms with Crippen molar-refractivity contribution in [2.45, 2.75) is 18.9 Å². The Morgan fingerprint density at radius 1 is 1.42 bits per heavy atom. The number of carbonyl (C=O) groups is 2. The molecule has 0 radical (unpaired) electrons. The molecule has 1 amide bonds. The molecule has 0 aliphatic carbocycles. The summed E-state index contributed by atoms with van der Waals surface area (Å²) in [5.41, 5.74) is 1.04. The lowest BCUT2D eigenvalue weighted by Gasteiger charge is -2.11. The number of hydrogen-bond acceptors (Lipinski definition) is 3. The molecule has 0 saturated carbocycles. The molecule has 1 atom stereocenters. The molecule has 19 heavy (non-hydrogen) atoms. The summed E-state index contributed by atoms with van der Waals surface area (Å²) in [7, 11) is 1.30. The molecular weight excluding hydrogens is 314 g/mol. The van der Waals surface area contributed by atoms with Gasteiger partial charge in [-0.15, -0.1) is 0 Å². The van der Waals surface area contributed by atoms with Gasteiger partial charge in [0.15, 0.2) is 6.10 Å². The minimum atomic E-state index is -1.09. The first-order valence-corrected chi connectivity index (χ1v) is 6.59. The van der Waals surface area contributed by atoms with Crippen LogP contribution in [0.5, 0.6) is 0 Å². The molecule has 1 unspecified atom stereocenters. The number of rotatable bonds is 7. The van der Waals surface area contributed by atoms with E-state index in [1.165, 1.54) is 7.11 Å². The molecule has 2 N–H and O–H groups in total. The van der Waals surface area contributed by atoms with Crippen LogP contribution in [0.25, 0.3) is 0 Å². The van der Waals surface area contributed by atoms with E-state index in [1.807, 2.05) is 24.3 Å². The molecule has 6 heteroatoms. The summed E-state index contributed by atoms with van der Waals surface area (Å²) in [6.45, 7) is -0.0272. The first-order chi connectivity index (χ1) is 9.04. The van der Waals surface area contributed by atoms with Gasteiger partial charge in [-0.2, -0.15) is 0 Å². The zero-order valence-electron chi connectivity index (χ0n) is 10.6. The van der Waals surface area contributed by atoms with Crippen molar-refractivity contribution >= 4 is 27.8 Å². The van der Waals surface area contributed by atoms with Crippen LogP contribution in [0.15, 0.2) is 28.7 Å². The van der Waals surface area contributed by atoms with Crippen LogP contribution in [0.2, 0.25) is 0 Å². The van der Waals surface area contributed by atoms with Crippen molar-refractivity contribution in [1.29, 1.82) is 0 Å². The van der Waals surface area contributed by atoms with E-state index in [0.29, 0.717) is 12.8 Å². The number of halogens is 1. The van der Waals surface area contributed by atoms with Crippen LogP contribution in [0.3, 0.4) is 0 Å². The third kappa shape index (κ3) is 5.40. The van der Waals surface area contributed by atoms with E-state index in [0.717, 1.165) is 10.0 Å². The van der Waals surface area contributed by atoms with E-state index in [4.69, 9.17) is 9.84 Å². The van der Waals surface area contributed by atoms with Gasteiger partial charge >= 0.3 is 5.97 Å². The van der Waals surface area contributed by atoms with Crippen LogP contribution in [-0.2, 0) is 20.7 Å². The maximum Gasteiger partial charge on any atom is 0.334 e. The van der Waals surface area contributed by atoms with E-state index in [2.05, 4.69) is 21.2 Å². The monoisotopic (exact) mass is 329 g/mol. The number of aliphatic carboxylic acids is 1. The fourth-order valence-corrected chi connectivity index (χ4v) is 2.00. The Kier molecular flexibility index (Phi) is 6.52. The van der Waals surface area contributed by atoms with Crippen molar-refractivity contribution in [3.8, 4) is 0 Å². The summed E-state index contributed by atoms with van der Waals surface area (Å²) < 4.78 is 5.68. The zero-order chi connectivity index (χ0) is 14.3. The van der Waals surface area contributed by atoms with Crippen molar-refractivity contribution in [3.05, 3.63) is 34.3 Å². The second-order valence-corrected chi connectivity index (χ2v) is 4.81. The third-order valence-electron chi connectivity index (χ3n) is 2.62. The highest BCUT2D eigenvalue weighted by molar-refractivity contribution is 9.10.